The van der Waals surface area contributed by atoms with Crippen molar-refractivity contribution in [1.82, 2.24) is 10.2 Å². The van der Waals surface area contributed by atoms with Crippen LogP contribution >= 0.6 is 23.2 Å². The molecule has 1 aliphatic carbocycles. The van der Waals surface area contributed by atoms with Gasteiger partial charge in [-0.1, -0.05) is 43.0 Å². The predicted octanol–water partition coefficient (Wildman–Crippen LogP) is 3.40. The number of carbonyl (C=O) groups is 3. The number of esters is 1. The quantitative estimate of drug-likeness (QED) is 0.492. The third-order valence-electron chi connectivity index (χ3n) is 4.91. The Morgan fingerprint density at radius 3 is 2.76 bits per heavy atom. The molecule has 3 rings (SSSR count). The van der Waals surface area contributed by atoms with Crippen LogP contribution in [0.4, 0.5) is 4.79 Å². The van der Waals surface area contributed by atoms with Crippen LogP contribution in [0.15, 0.2) is 18.2 Å². The third-order valence-corrected chi connectivity index (χ3v) is 5.65. The van der Waals surface area contributed by atoms with Gasteiger partial charge in [-0.05, 0) is 30.9 Å². The lowest BCUT2D eigenvalue weighted by atomic mass is 9.73. The molecule has 8 heteroatoms. The standard InChI is InChI=1S/C17H18Cl2N2O4/c1-10-4-2-3-7-17(10)15(23)21(16(24)20-17)9-14(22)25-11-5-6-12(18)13(19)8-11/h5-6,8,10H,2-4,7,9H2,1H3,(H,20,24). The lowest BCUT2D eigenvalue weighted by molar-refractivity contribution is -0.142. The van der Waals surface area contributed by atoms with Gasteiger partial charge in [-0.25, -0.2) is 9.59 Å². The summed E-state index contributed by atoms with van der Waals surface area (Å²) in [6.45, 7) is 1.51. The van der Waals surface area contributed by atoms with E-state index in [4.69, 9.17) is 27.9 Å². The van der Waals surface area contributed by atoms with Gasteiger partial charge >= 0.3 is 12.0 Å². The zero-order chi connectivity index (χ0) is 18.2. The van der Waals surface area contributed by atoms with Crippen LogP contribution in [-0.2, 0) is 9.59 Å². The Bertz CT molecular complexity index is 739. The fourth-order valence-electron chi connectivity index (χ4n) is 3.47. The van der Waals surface area contributed by atoms with Crippen molar-refractivity contribution in [1.29, 1.82) is 0 Å². The number of benzene rings is 1. The number of rotatable bonds is 3. The molecule has 2 unspecified atom stereocenters. The summed E-state index contributed by atoms with van der Waals surface area (Å²) in [5, 5.41) is 3.38. The maximum Gasteiger partial charge on any atom is 0.331 e. The predicted molar refractivity (Wildman–Crippen MR) is 92.7 cm³/mol. The molecule has 1 aromatic carbocycles. The lowest BCUT2D eigenvalue weighted by Gasteiger charge is -2.36. The summed E-state index contributed by atoms with van der Waals surface area (Å²) in [5.74, 6) is -0.834. The molecule has 1 spiro atoms. The van der Waals surface area contributed by atoms with E-state index in [0.29, 0.717) is 11.4 Å². The van der Waals surface area contributed by atoms with E-state index < -0.39 is 24.1 Å². The van der Waals surface area contributed by atoms with Gasteiger partial charge in [0.15, 0.2) is 0 Å². The molecule has 2 fully saturated rings. The van der Waals surface area contributed by atoms with Gasteiger partial charge in [0.2, 0.25) is 0 Å². The minimum Gasteiger partial charge on any atom is -0.425 e. The highest BCUT2D eigenvalue weighted by Gasteiger charge is 2.55. The van der Waals surface area contributed by atoms with Crippen LogP contribution in [0.1, 0.15) is 32.6 Å². The fraction of sp³-hybridized carbons (Fsp3) is 0.471. The number of imide groups is 1. The first-order valence-electron chi connectivity index (χ1n) is 8.13. The summed E-state index contributed by atoms with van der Waals surface area (Å²) in [5.41, 5.74) is -0.890. The van der Waals surface area contributed by atoms with Crippen LogP contribution in [0.3, 0.4) is 0 Å². The molecule has 3 amide bonds. The second-order valence-electron chi connectivity index (χ2n) is 6.49. The Morgan fingerprint density at radius 2 is 2.08 bits per heavy atom. The van der Waals surface area contributed by atoms with Crippen molar-refractivity contribution in [2.24, 2.45) is 5.92 Å². The molecule has 1 aliphatic heterocycles. The van der Waals surface area contributed by atoms with E-state index in [1.807, 2.05) is 6.92 Å². The number of amides is 3. The van der Waals surface area contributed by atoms with Crippen molar-refractivity contribution in [3.8, 4) is 5.75 Å². The Morgan fingerprint density at radius 1 is 1.32 bits per heavy atom. The van der Waals surface area contributed by atoms with Crippen molar-refractivity contribution >= 4 is 41.1 Å². The maximum atomic E-state index is 12.8. The van der Waals surface area contributed by atoms with E-state index >= 15 is 0 Å². The zero-order valence-electron chi connectivity index (χ0n) is 13.7. The molecule has 1 N–H and O–H groups in total. The van der Waals surface area contributed by atoms with Gasteiger partial charge in [0.05, 0.1) is 10.0 Å². The maximum absolute atomic E-state index is 12.8. The second-order valence-corrected chi connectivity index (χ2v) is 7.30. The van der Waals surface area contributed by atoms with E-state index in [1.54, 1.807) is 0 Å². The van der Waals surface area contributed by atoms with Gasteiger partial charge in [0.1, 0.15) is 17.8 Å². The van der Waals surface area contributed by atoms with Gasteiger partial charge in [-0.3, -0.25) is 9.69 Å². The average molecular weight is 385 g/mol. The molecule has 1 saturated heterocycles. The molecular formula is C17H18Cl2N2O4. The minimum absolute atomic E-state index is 0.0359. The first-order chi connectivity index (χ1) is 11.8. The molecule has 0 radical (unpaired) electrons. The molecule has 25 heavy (non-hydrogen) atoms. The summed E-state index contributed by atoms with van der Waals surface area (Å²) in [7, 11) is 0. The first-order valence-corrected chi connectivity index (χ1v) is 8.89. The van der Waals surface area contributed by atoms with E-state index in [0.717, 1.165) is 24.2 Å². The molecular weight excluding hydrogens is 367 g/mol. The second kappa shape index (κ2) is 6.84. The van der Waals surface area contributed by atoms with Crippen molar-refractivity contribution < 1.29 is 19.1 Å². The Hall–Kier alpha value is -1.79. The van der Waals surface area contributed by atoms with E-state index in [9.17, 15) is 14.4 Å². The normalized spacial score (nSPS) is 26.0. The average Bonchev–Trinajstić information content (AvgIpc) is 2.79. The molecule has 1 aromatic rings. The number of carbonyl (C=O) groups excluding carboxylic acids is 3. The molecule has 2 aliphatic rings. The number of halogens is 2. The molecule has 0 aromatic heterocycles. The number of hydrogen-bond acceptors (Lipinski definition) is 4. The van der Waals surface area contributed by atoms with Gasteiger partial charge in [0, 0.05) is 6.07 Å². The largest absolute Gasteiger partial charge is 0.425 e. The molecule has 1 heterocycles. The van der Waals surface area contributed by atoms with E-state index in [-0.39, 0.29) is 22.6 Å². The van der Waals surface area contributed by atoms with Crippen molar-refractivity contribution in [2.75, 3.05) is 6.54 Å². The minimum atomic E-state index is -0.890. The number of ether oxygens (including phenoxy) is 1. The lowest BCUT2D eigenvalue weighted by Crippen LogP contribution is -2.54. The summed E-state index contributed by atoms with van der Waals surface area (Å²) in [6, 6.07) is 3.84. The van der Waals surface area contributed by atoms with Crippen LogP contribution in [0.2, 0.25) is 10.0 Å². The Kier molecular flexibility index (Phi) is 4.93. The topological polar surface area (TPSA) is 75.7 Å². The van der Waals surface area contributed by atoms with Crippen molar-refractivity contribution in [2.45, 2.75) is 38.1 Å². The SMILES string of the molecule is CC1CCCCC12NC(=O)N(CC(=O)Oc1ccc(Cl)c(Cl)c1)C2=O. The summed E-state index contributed by atoms with van der Waals surface area (Å²) in [4.78, 5) is 38.1. The smallest absolute Gasteiger partial charge is 0.331 e. The molecule has 0 bridgehead atoms. The molecule has 6 nitrogen and oxygen atoms in total. The number of urea groups is 1. The van der Waals surface area contributed by atoms with Gasteiger partial charge in [-0.2, -0.15) is 0 Å². The summed E-state index contributed by atoms with van der Waals surface area (Å²) >= 11 is 11.7. The van der Waals surface area contributed by atoms with Crippen molar-refractivity contribution in [3.63, 3.8) is 0 Å². The van der Waals surface area contributed by atoms with Gasteiger partial charge in [-0.15, -0.1) is 0 Å². The third kappa shape index (κ3) is 3.33. The number of hydrogen-bond donors (Lipinski definition) is 1. The summed E-state index contributed by atoms with van der Waals surface area (Å²) < 4.78 is 5.16. The summed E-state index contributed by atoms with van der Waals surface area (Å²) in [6.07, 6.45) is 3.37. The zero-order valence-corrected chi connectivity index (χ0v) is 15.2. The van der Waals surface area contributed by atoms with E-state index in [1.165, 1.54) is 18.2 Å². The highest BCUT2D eigenvalue weighted by molar-refractivity contribution is 6.42. The van der Waals surface area contributed by atoms with Crippen LogP contribution in [0.5, 0.6) is 5.75 Å². The number of nitrogens with zero attached hydrogens (tertiary/aromatic N) is 1. The van der Waals surface area contributed by atoms with Crippen LogP contribution in [0, 0.1) is 5.92 Å². The van der Waals surface area contributed by atoms with Crippen LogP contribution in [-0.4, -0.2) is 34.9 Å². The highest BCUT2D eigenvalue weighted by Crippen LogP contribution is 2.38. The van der Waals surface area contributed by atoms with Crippen LogP contribution < -0.4 is 10.1 Å². The molecule has 1 saturated carbocycles. The first kappa shape index (κ1) is 18.0. The fourth-order valence-corrected chi connectivity index (χ4v) is 3.76. The van der Waals surface area contributed by atoms with Crippen LogP contribution in [0.25, 0.3) is 0 Å². The Labute approximate surface area is 155 Å². The highest BCUT2D eigenvalue weighted by atomic mass is 35.5. The van der Waals surface area contributed by atoms with E-state index in [2.05, 4.69) is 5.32 Å². The number of nitrogens with one attached hydrogen (secondary N) is 1. The van der Waals surface area contributed by atoms with Crippen molar-refractivity contribution in [3.05, 3.63) is 28.2 Å². The van der Waals surface area contributed by atoms with Gasteiger partial charge in [0.25, 0.3) is 5.91 Å². The molecule has 2 atom stereocenters. The Balaban J connectivity index is 1.69. The monoisotopic (exact) mass is 384 g/mol. The molecule has 134 valence electrons. The van der Waals surface area contributed by atoms with Gasteiger partial charge < -0.3 is 10.1 Å².